The molecule has 0 spiro atoms. The van der Waals surface area contributed by atoms with E-state index in [2.05, 4.69) is 20.3 Å². The van der Waals surface area contributed by atoms with Gasteiger partial charge in [-0.2, -0.15) is 4.98 Å². The summed E-state index contributed by atoms with van der Waals surface area (Å²) in [5.41, 5.74) is 10.8. The van der Waals surface area contributed by atoms with Crippen molar-refractivity contribution >= 4 is 29.2 Å². The molecule has 0 saturated heterocycles. The number of aromatic nitrogens is 4. The molecule has 1 atom stereocenters. The number of carboxylic acid groups (broad SMARTS) is 1. The van der Waals surface area contributed by atoms with Gasteiger partial charge in [0.2, 0.25) is 5.95 Å². The topological polar surface area (TPSA) is 145 Å². The quantitative estimate of drug-likeness (QED) is 0.411. The zero-order chi connectivity index (χ0) is 22.9. The highest BCUT2D eigenvalue weighted by Gasteiger charge is 2.30. The third-order valence-corrected chi connectivity index (χ3v) is 5.69. The first-order valence-electron chi connectivity index (χ1n) is 10.3. The van der Waals surface area contributed by atoms with Crippen LogP contribution in [0.3, 0.4) is 0 Å². The molecule has 1 amide bonds. The van der Waals surface area contributed by atoms with E-state index in [1.54, 1.807) is 0 Å². The van der Waals surface area contributed by atoms with Crippen molar-refractivity contribution in [1.82, 2.24) is 24.8 Å². The Kier molecular flexibility index (Phi) is 5.09. The lowest BCUT2D eigenvalue weighted by atomic mass is 9.98. The lowest BCUT2D eigenvalue weighted by Gasteiger charge is -2.18. The average molecular weight is 444 g/mol. The van der Waals surface area contributed by atoms with Crippen LogP contribution in [0.5, 0.6) is 0 Å². The first kappa shape index (κ1) is 20.4. The van der Waals surface area contributed by atoms with Gasteiger partial charge in [-0.05, 0) is 22.3 Å². The third-order valence-electron chi connectivity index (χ3n) is 5.69. The largest absolute Gasteiger partial charge is 0.480 e. The summed E-state index contributed by atoms with van der Waals surface area (Å²) in [7, 11) is 0. The van der Waals surface area contributed by atoms with Gasteiger partial charge >= 0.3 is 12.1 Å². The summed E-state index contributed by atoms with van der Waals surface area (Å²) in [5.74, 6) is -1.29. The number of hydrogen-bond acceptors (Lipinski definition) is 7. The molecular weight excluding hydrogens is 424 g/mol. The van der Waals surface area contributed by atoms with Crippen LogP contribution in [0, 0.1) is 0 Å². The number of carbonyl (C=O) groups is 2. The number of carbonyl (C=O) groups excluding carboxylic acids is 1. The summed E-state index contributed by atoms with van der Waals surface area (Å²) in [4.78, 5) is 36.4. The predicted octanol–water partition coefficient (Wildman–Crippen LogP) is 2.40. The van der Waals surface area contributed by atoms with Crippen LogP contribution in [0.25, 0.3) is 22.3 Å². The molecule has 10 nitrogen and oxygen atoms in total. The normalized spacial score (nSPS) is 13.3. The monoisotopic (exact) mass is 444 g/mol. The summed E-state index contributed by atoms with van der Waals surface area (Å²) in [5, 5.41) is 12.0. The summed E-state index contributed by atoms with van der Waals surface area (Å²) >= 11 is 0. The zero-order valence-electron chi connectivity index (χ0n) is 17.4. The van der Waals surface area contributed by atoms with Crippen molar-refractivity contribution in [3.63, 3.8) is 0 Å². The Hall–Kier alpha value is -4.47. The van der Waals surface area contributed by atoms with E-state index in [9.17, 15) is 14.7 Å². The number of nitrogens with zero attached hydrogens (tertiary/aromatic N) is 4. The van der Waals surface area contributed by atoms with Gasteiger partial charge in [-0.15, -0.1) is 0 Å². The number of amides is 1. The molecule has 0 bridgehead atoms. The van der Waals surface area contributed by atoms with Crippen LogP contribution < -0.4 is 11.1 Å². The van der Waals surface area contributed by atoms with Gasteiger partial charge in [0.05, 0.1) is 19.1 Å². The number of ether oxygens (including phenoxy) is 1. The van der Waals surface area contributed by atoms with Gasteiger partial charge in [-0.3, -0.25) is 0 Å². The first-order valence-corrected chi connectivity index (χ1v) is 10.3. The molecule has 4 aromatic rings. The number of nitrogens with two attached hydrogens (primary N) is 1. The fourth-order valence-corrected chi connectivity index (χ4v) is 4.17. The van der Waals surface area contributed by atoms with Crippen molar-refractivity contribution in [3.05, 3.63) is 72.2 Å². The van der Waals surface area contributed by atoms with Crippen molar-refractivity contribution in [3.8, 4) is 11.1 Å². The summed E-state index contributed by atoms with van der Waals surface area (Å²) in [6.45, 7) is -0.0174. The van der Waals surface area contributed by atoms with Crippen LogP contribution in [0.4, 0.5) is 10.7 Å². The maximum absolute atomic E-state index is 12.5. The number of aliphatic carboxylic acids is 1. The second-order valence-corrected chi connectivity index (χ2v) is 7.69. The maximum Gasteiger partial charge on any atom is 0.407 e. The SMILES string of the molecule is Nc1ncc2ncn(C[C@H](NC(=O)OCC3c4ccccc4-c4ccccc43)C(=O)O)c2n1. The molecule has 1 aliphatic rings. The van der Waals surface area contributed by atoms with E-state index in [0.29, 0.717) is 11.2 Å². The fraction of sp³-hybridized carbons (Fsp3) is 0.174. The van der Waals surface area contributed by atoms with E-state index in [4.69, 9.17) is 10.5 Å². The van der Waals surface area contributed by atoms with Crippen molar-refractivity contribution in [2.75, 3.05) is 12.3 Å². The number of carboxylic acids is 1. The van der Waals surface area contributed by atoms with Crippen molar-refractivity contribution in [2.45, 2.75) is 18.5 Å². The lowest BCUT2D eigenvalue weighted by molar-refractivity contribution is -0.139. The van der Waals surface area contributed by atoms with Gasteiger partial charge in [0.15, 0.2) is 5.65 Å². The lowest BCUT2D eigenvalue weighted by Crippen LogP contribution is -2.44. The van der Waals surface area contributed by atoms with E-state index in [-0.39, 0.29) is 25.0 Å². The van der Waals surface area contributed by atoms with Crippen molar-refractivity contribution in [1.29, 1.82) is 0 Å². The molecule has 2 heterocycles. The Morgan fingerprint density at radius 1 is 1.09 bits per heavy atom. The Bertz CT molecular complexity index is 1320. The second kappa shape index (κ2) is 8.23. The first-order chi connectivity index (χ1) is 16.0. The van der Waals surface area contributed by atoms with Gasteiger partial charge in [0, 0.05) is 5.92 Å². The van der Waals surface area contributed by atoms with Crippen LogP contribution in [-0.2, 0) is 16.1 Å². The summed E-state index contributed by atoms with van der Waals surface area (Å²) in [6, 6.07) is 14.7. The van der Waals surface area contributed by atoms with Gasteiger partial charge in [-0.1, -0.05) is 48.5 Å². The Morgan fingerprint density at radius 3 is 2.42 bits per heavy atom. The fourth-order valence-electron chi connectivity index (χ4n) is 4.17. The van der Waals surface area contributed by atoms with Gasteiger partial charge < -0.3 is 25.5 Å². The molecule has 166 valence electrons. The van der Waals surface area contributed by atoms with Crippen LogP contribution in [0.2, 0.25) is 0 Å². The molecule has 4 N–H and O–H groups in total. The zero-order valence-corrected chi connectivity index (χ0v) is 17.4. The van der Waals surface area contributed by atoms with E-state index in [1.165, 1.54) is 17.1 Å². The molecule has 2 aromatic carbocycles. The Morgan fingerprint density at radius 2 is 1.76 bits per heavy atom. The van der Waals surface area contributed by atoms with E-state index in [1.807, 2.05) is 48.5 Å². The number of fused-ring (bicyclic) bond motifs is 4. The van der Waals surface area contributed by atoms with Gasteiger partial charge in [-0.25, -0.2) is 19.6 Å². The highest BCUT2D eigenvalue weighted by atomic mass is 16.5. The van der Waals surface area contributed by atoms with Crippen LogP contribution in [-0.4, -0.2) is 49.3 Å². The summed E-state index contributed by atoms with van der Waals surface area (Å²) < 4.78 is 6.96. The number of imidazole rings is 1. The third kappa shape index (κ3) is 3.82. The average Bonchev–Trinajstić information content (AvgIpc) is 3.35. The summed E-state index contributed by atoms with van der Waals surface area (Å²) in [6.07, 6.45) is 2.06. The smallest absolute Gasteiger partial charge is 0.407 e. The molecule has 0 radical (unpaired) electrons. The van der Waals surface area contributed by atoms with Gasteiger partial charge in [0.1, 0.15) is 18.2 Å². The van der Waals surface area contributed by atoms with Crippen molar-refractivity contribution in [2.24, 2.45) is 0 Å². The second-order valence-electron chi connectivity index (χ2n) is 7.69. The van der Waals surface area contributed by atoms with Crippen LogP contribution in [0.15, 0.2) is 61.1 Å². The van der Waals surface area contributed by atoms with E-state index < -0.39 is 18.1 Å². The maximum atomic E-state index is 12.5. The molecule has 0 unspecified atom stereocenters. The van der Waals surface area contributed by atoms with Gasteiger partial charge in [0.25, 0.3) is 0 Å². The number of nitrogen functional groups attached to an aromatic ring is 1. The molecular formula is C23H20N6O4. The number of nitrogens with one attached hydrogen (secondary N) is 1. The predicted molar refractivity (Wildman–Crippen MR) is 119 cm³/mol. The highest BCUT2D eigenvalue weighted by Crippen LogP contribution is 2.44. The molecule has 0 aliphatic heterocycles. The van der Waals surface area contributed by atoms with Crippen LogP contribution >= 0.6 is 0 Å². The Labute approximate surface area is 188 Å². The molecule has 2 aromatic heterocycles. The highest BCUT2D eigenvalue weighted by molar-refractivity contribution is 5.81. The molecule has 5 rings (SSSR count). The number of hydrogen-bond donors (Lipinski definition) is 3. The molecule has 0 fully saturated rings. The number of benzene rings is 2. The van der Waals surface area contributed by atoms with Crippen molar-refractivity contribution < 1.29 is 19.4 Å². The molecule has 10 heteroatoms. The molecule has 0 saturated carbocycles. The minimum absolute atomic E-state index is 0.0422. The number of rotatable bonds is 6. The standard InChI is InChI=1S/C23H20N6O4/c24-22-25-9-18-20(28-22)29(12-26-18)10-19(21(30)31)27-23(32)33-11-17-15-7-3-1-5-13(15)14-6-2-4-8-16(14)17/h1-9,12,17,19H,10-11H2,(H,27,32)(H,30,31)(H2,24,25,28)/t19-/m0/s1. The number of anilines is 1. The molecule has 33 heavy (non-hydrogen) atoms. The number of alkyl carbamates (subject to hydrolysis) is 1. The van der Waals surface area contributed by atoms with E-state index >= 15 is 0 Å². The van der Waals surface area contributed by atoms with Crippen LogP contribution in [0.1, 0.15) is 17.0 Å². The van der Waals surface area contributed by atoms with E-state index in [0.717, 1.165) is 22.3 Å². The Balaban J connectivity index is 1.29. The molecule has 1 aliphatic carbocycles. The minimum Gasteiger partial charge on any atom is -0.480 e. The minimum atomic E-state index is -1.26.